The van der Waals surface area contributed by atoms with Crippen molar-refractivity contribution >= 4 is 50.7 Å². The molecule has 0 saturated heterocycles. The fourth-order valence-corrected chi connectivity index (χ4v) is 2.66. The third kappa shape index (κ3) is 2.45. The minimum absolute atomic E-state index is 0.156. The Hall–Kier alpha value is -1.56. The quantitative estimate of drug-likeness (QED) is 0.763. The smallest absolute Gasteiger partial charge is 0.232 e. The maximum Gasteiger partial charge on any atom is 0.232 e. The number of nitrogen functional groups attached to an aromatic ring is 1. The molecule has 2 N–H and O–H groups in total. The van der Waals surface area contributed by atoms with Crippen molar-refractivity contribution in [3.63, 3.8) is 0 Å². The summed E-state index contributed by atoms with van der Waals surface area (Å²) < 4.78 is 5.70. The Balaban J connectivity index is 2.10. The van der Waals surface area contributed by atoms with Crippen molar-refractivity contribution in [2.45, 2.75) is 0 Å². The van der Waals surface area contributed by atoms with Gasteiger partial charge in [0.25, 0.3) is 0 Å². The number of fused-ring (bicyclic) bond motifs is 1. The van der Waals surface area contributed by atoms with E-state index in [1.165, 1.54) is 11.3 Å². The van der Waals surface area contributed by atoms with Gasteiger partial charge in [0, 0.05) is 11.1 Å². The number of aromatic nitrogens is 2. The van der Waals surface area contributed by atoms with Crippen molar-refractivity contribution < 1.29 is 4.74 Å². The minimum Gasteiger partial charge on any atom is -0.437 e. The number of thiophene rings is 1. The first-order chi connectivity index (χ1) is 9.13. The van der Waals surface area contributed by atoms with Crippen LogP contribution in [0.5, 0.6) is 11.6 Å². The van der Waals surface area contributed by atoms with Crippen molar-refractivity contribution in [3.05, 3.63) is 39.7 Å². The standard InChI is InChI=1S/C12H7Cl2N3OS/c13-6-1-2-8(14)9(5-6)18-10-7-3-4-19-11(7)17-12(15)16-10/h1-5H,(H2,15,16,17). The molecule has 0 aliphatic carbocycles. The molecule has 0 aliphatic heterocycles. The molecule has 3 aromatic rings. The van der Waals surface area contributed by atoms with Gasteiger partial charge in [0.05, 0.1) is 10.4 Å². The number of rotatable bonds is 2. The molecule has 2 aromatic heterocycles. The van der Waals surface area contributed by atoms with E-state index in [0.29, 0.717) is 21.7 Å². The molecular formula is C12H7Cl2N3OS. The largest absolute Gasteiger partial charge is 0.437 e. The number of anilines is 1. The summed E-state index contributed by atoms with van der Waals surface area (Å²) in [6, 6.07) is 6.84. The van der Waals surface area contributed by atoms with Crippen LogP contribution in [0.15, 0.2) is 29.6 Å². The highest BCUT2D eigenvalue weighted by atomic mass is 35.5. The Morgan fingerprint density at radius 3 is 2.84 bits per heavy atom. The van der Waals surface area contributed by atoms with Gasteiger partial charge in [-0.05, 0) is 23.6 Å². The summed E-state index contributed by atoms with van der Waals surface area (Å²) in [5, 5.41) is 3.66. The molecule has 0 aliphatic rings. The van der Waals surface area contributed by atoms with Crippen molar-refractivity contribution in [3.8, 4) is 11.6 Å². The highest BCUT2D eigenvalue weighted by Gasteiger charge is 2.11. The lowest BCUT2D eigenvalue weighted by molar-refractivity contribution is 0.469. The van der Waals surface area contributed by atoms with Gasteiger partial charge in [-0.3, -0.25) is 0 Å². The molecule has 19 heavy (non-hydrogen) atoms. The van der Waals surface area contributed by atoms with Crippen molar-refractivity contribution in [2.75, 3.05) is 5.73 Å². The van der Waals surface area contributed by atoms with E-state index >= 15 is 0 Å². The lowest BCUT2D eigenvalue weighted by atomic mass is 10.3. The third-order valence-electron chi connectivity index (χ3n) is 2.41. The molecule has 0 radical (unpaired) electrons. The maximum atomic E-state index is 6.06. The number of nitrogens with two attached hydrogens (primary N) is 1. The van der Waals surface area contributed by atoms with Crippen molar-refractivity contribution in [1.29, 1.82) is 0 Å². The molecule has 1 aromatic carbocycles. The van der Waals surface area contributed by atoms with Crippen LogP contribution >= 0.6 is 34.5 Å². The Kier molecular flexibility index (Phi) is 3.18. The lowest BCUT2D eigenvalue weighted by Gasteiger charge is -2.08. The summed E-state index contributed by atoms with van der Waals surface area (Å²) in [7, 11) is 0. The van der Waals surface area contributed by atoms with E-state index in [-0.39, 0.29) is 5.95 Å². The van der Waals surface area contributed by atoms with Crippen LogP contribution < -0.4 is 10.5 Å². The van der Waals surface area contributed by atoms with E-state index in [2.05, 4.69) is 9.97 Å². The van der Waals surface area contributed by atoms with Crippen LogP contribution in [0.4, 0.5) is 5.95 Å². The van der Waals surface area contributed by atoms with Gasteiger partial charge in [-0.25, -0.2) is 4.98 Å². The predicted molar refractivity (Wildman–Crippen MR) is 78.4 cm³/mol. The van der Waals surface area contributed by atoms with Crippen LogP contribution in [-0.2, 0) is 0 Å². The predicted octanol–water partition coefficient (Wildman–Crippen LogP) is 4.37. The number of hydrogen-bond acceptors (Lipinski definition) is 5. The molecule has 7 heteroatoms. The first-order valence-electron chi connectivity index (χ1n) is 5.27. The number of hydrogen-bond donors (Lipinski definition) is 1. The van der Waals surface area contributed by atoms with Crippen LogP contribution in [0.25, 0.3) is 10.2 Å². The molecular weight excluding hydrogens is 305 g/mol. The van der Waals surface area contributed by atoms with Gasteiger partial charge in [0.15, 0.2) is 0 Å². The van der Waals surface area contributed by atoms with Crippen LogP contribution in [0.2, 0.25) is 10.0 Å². The average Bonchev–Trinajstić information content (AvgIpc) is 2.82. The van der Waals surface area contributed by atoms with Gasteiger partial charge in [0.2, 0.25) is 11.8 Å². The van der Waals surface area contributed by atoms with E-state index < -0.39 is 0 Å². The number of benzene rings is 1. The summed E-state index contributed by atoms with van der Waals surface area (Å²) in [5.74, 6) is 0.954. The second-order valence-electron chi connectivity index (χ2n) is 3.70. The van der Waals surface area contributed by atoms with E-state index in [9.17, 15) is 0 Å². The monoisotopic (exact) mass is 311 g/mol. The molecule has 0 unspecified atom stereocenters. The number of halogens is 2. The fourth-order valence-electron chi connectivity index (χ4n) is 1.58. The van der Waals surface area contributed by atoms with Crippen LogP contribution in [0.1, 0.15) is 0 Å². The zero-order chi connectivity index (χ0) is 13.4. The second-order valence-corrected chi connectivity index (χ2v) is 5.44. The van der Waals surface area contributed by atoms with Gasteiger partial charge in [-0.15, -0.1) is 11.3 Å². The molecule has 3 rings (SSSR count). The Morgan fingerprint density at radius 2 is 2.00 bits per heavy atom. The first-order valence-corrected chi connectivity index (χ1v) is 6.90. The molecule has 0 atom stereocenters. The normalized spacial score (nSPS) is 10.8. The fraction of sp³-hybridized carbons (Fsp3) is 0. The Labute approximate surface area is 122 Å². The molecule has 2 heterocycles. The Bertz CT molecular complexity index is 760. The van der Waals surface area contributed by atoms with Crippen LogP contribution in [0, 0.1) is 0 Å². The topological polar surface area (TPSA) is 61.0 Å². The molecule has 0 fully saturated rings. The SMILES string of the molecule is Nc1nc(Oc2cc(Cl)ccc2Cl)c2ccsc2n1. The van der Waals surface area contributed by atoms with E-state index in [4.69, 9.17) is 33.7 Å². The Morgan fingerprint density at radius 1 is 1.16 bits per heavy atom. The van der Waals surface area contributed by atoms with Crippen molar-refractivity contribution in [1.82, 2.24) is 9.97 Å². The molecule has 0 spiro atoms. The van der Waals surface area contributed by atoms with Gasteiger partial charge in [0.1, 0.15) is 10.6 Å². The maximum absolute atomic E-state index is 6.06. The summed E-state index contributed by atoms with van der Waals surface area (Å²) in [6.07, 6.45) is 0. The highest BCUT2D eigenvalue weighted by Crippen LogP contribution is 2.35. The second kappa shape index (κ2) is 4.85. The zero-order valence-corrected chi connectivity index (χ0v) is 11.8. The summed E-state index contributed by atoms with van der Waals surface area (Å²) in [6.45, 7) is 0. The van der Waals surface area contributed by atoms with Gasteiger partial charge in [-0.2, -0.15) is 4.98 Å². The van der Waals surface area contributed by atoms with Crippen LogP contribution in [0.3, 0.4) is 0 Å². The molecule has 0 bridgehead atoms. The lowest BCUT2D eigenvalue weighted by Crippen LogP contribution is -1.97. The third-order valence-corrected chi connectivity index (χ3v) is 3.76. The van der Waals surface area contributed by atoms with Gasteiger partial charge >= 0.3 is 0 Å². The molecule has 0 amide bonds. The average molecular weight is 312 g/mol. The summed E-state index contributed by atoms with van der Waals surface area (Å²) >= 11 is 13.4. The summed E-state index contributed by atoms with van der Waals surface area (Å²) in [5.41, 5.74) is 5.65. The molecule has 0 saturated carbocycles. The highest BCUT2D eigenvalue weighted by molar-refractivity contribution is 7.16. The first kappa shape index (κ1) is 12.5. The number of ether oxygens (including phenoxy) is 1. The van der Waals surface area contributed by atoms with Crippen molar-refractivity contribution in [2.24, 2.45) is 0 Å². The van der Waals surface area contributed by atoms with Gasteiger partial charge in [-0.1, -0.05) is 23.2 Å². The molecule has 4 nitrogen and oxygen atoms in total. The van der Waals surface area contributed by atoms with Gasteiger partial charge < -0.3 is 10.5 Å². The van der Waals surface area contributed by atoms with E-state index in [0.717, 1.165) is 10.2 Å². The minimum atomic E-state index is 0.156. The van der Waals surface area contributed by atoms with E-state index in [1.54, 1.807) is 18.2 Å². The zero-order valence-electron chi connectivity index (χ0n) is 9.43. The van der Waals surface area contributed by atoms with E-state index in [1.807, 2.05) is 11.4 Å². The summed E-state index contributed by atoms with van der Waals surface area (Å²) in [4.78, 5) is 8.98. The number of nitrogens with zero attached hydrogens (tertiary/aromatic N) is 2. The van der Waals surface area contributed by atoms with Crippen LogP contribution in [-0.4, -0.2) is 9.97 Å². The molecule has 96 valence electrons.